The smallest absolute Gasteiger partial charge is 0.0876 e. The minimum Gasteiger partial charge on any atom is -0.501 e. The summed E-state index contributed by atoms with van der Waals surface area (Å²) in [6.45, 7) is 6.15. The first-order chi connectivity index (χ1) is 7.83. The SMILES string of the molecule is CCCC(OC)C(NCC)C1=COCCC1. The van der Waals surface area contributed by atoms with Crippen LogP contribution in [0.2, 0.25) is 0 Å². The van der Waals surface area contributed by atoms with Crippen molar-refractivity contribution >= 4 is 0 Å². The van der Waals surface area contributed by atoms with Crippen molar-refractivity contribution < 1.29 is 9.47 Å². The molecule has 0 aromatic carbocycles. The fourth-order valence-corrected chi connectivity index (χ4v) is 2.24. The minimum atomic E-state index is 0.262. The molecule has 0 fully saturated rings. The minimum absolute atomic E-state index is 0.262. The molecular formula is C13H25NO2. The zero-order chi connectivity index (χ0) is 11.8. The van der Waals surface area contributed by atoms with Gasteiger partial charge in [-0.25, -0.2) is 0 Å². The Kier molecular flexibility index (Phi) is 6.50. The summed E-state index contributed by atoms with van der Waals surface area (Å²) in [5.74, 6) is 0. The second kappa shape index (κ2) is 7.69. The predicted octanol–water partition coefficient (Wildman–Crippen LogP) is 2.47. The van der Waals surface area contributed by atoms with Crippen LogP contribution in [0, 0.1) is 0 Å². The third kappa shape index (κ3) is 3.80. The highest BCUT2D eigenvalue weighted by Gasteiger charge is 2.24. The van der Waals surface area contributed by atoms with Gasteiger partial charge in [-0.15, -0.1) is 0 Å². The lowest BCUT2D eigenvalue weighted by atomic mass is 9.94. The molecule has 3 heteroatoms. The molecule has 0 aliphatic carbocycles. The van der Waals surface area contributed by atoms with Crippen LogP contribution in [0.15, 0.2) is 11.8 Å². The number of methoxy groups -OCH3 is 1. The number of nitrogens with one attached hydrogen (secondary N) is 1. The Bertz CT molecular complexity index is 216. The van der Waals surface area contributed by atoms with E-state index in [4.69, 9.17) is 9.47 Å². The molecule has 2 unspecified atom stereocenters. The van der Waals surface area contributed by atoms with Crippen LogP contribution < -0.4 is 5.32 Å². The van der Waals surface area contributed by atoms with Gasteiger partial charge in [-0.3, -0.25) is 0 Å². The van der Waals surface area contributed by atoms with Crippen LogP contribution in [-0.4, -0.2) is 32.4 Å². The van der Waals surface area contributed by atoms with Gasteiger partial charge in [-0.05, 0) is 31.4 Å². The molecule has 0 aromatic heterocycles. The highest BCUT2D eigenvalue weighted by molar-refractivity contribution is 5.12. The van der Waals surface area contributed by atoms with E-state index >= 15 is 0 Å². The van der Waals surface area contributed by atoms with Gasteiger partial charge in [-0.2, -0.15) is 0 Å². The molecule has 1 aliphatic heterocycles. The van der Waals surface area contributed by atoms with Crippen molar-refractivity contribution in [3.8, 4) is 0 Å². The van der Waals surface area contributed by atoms with Crippen LogP contribution in [0.3, 0.4) is 0 Å². The summed E-state index contributed by atoms with van der Waals surface area (Å²) in [4.78, 5) is 0. The predicted molar refractivity (Wildman–Crippen MR) is 66.4 cm³/mol. The van der Waals surface area contributed by atoms with Crippen molar-refractivity contribution in [2.75, 3.05) is 20.3 Å². The zero-order valence-corrected chi connectivity index (χ0v) is 10.8. The second-order valence-electron chi connectivity index (χ2n) is 4.27. The third-order valence-electron chi connectivity index (χ3n) is 3.03. The van der Waals surface area contributed by atoms with Crippen LogP contribution >= 0.6 is 0 Å². The quantitative estimate of drug-likeness (QED) is 0.725. The van der Waals surface area contributed by atoms with Gasteiger partial charge in [0, 0.05) is 7.11 Å². The molecule has 1 rings (SSSR count). The Morgan fingerprint density at radius 1 is 1.50 bits per heavy atom. The molecular weight excluding hydrogens is 202 g/mol. The monoisotopic (exact) mass is 227 g/mol. The molecule has 0 spiro atoms. The maximum Gasteiger partial charge on any atom is 0.0876 e. The van der Waals surface area contributed by atoms with Crippen molar-refractivity contribution in [2.24, 2.45) is 0 Å². The van der Waals surface area contributed by atoms with Crippen molar-refractivity contribution in [1.82, 2.24) is 5.32 Å². The van der Waals surface area contributed by atoms with Crippen LogP contribution in [-0.2, 0) is 9.47 Å². The van der Waals surface area contributed by atoms with Crippen molar-refractivity contribution in [3.05, 3.63) is 11.8 Å². The highest BCUT2D eigenvalue weighted by atomic mass is 16.5. The van der Waals surface area contributed by atoms with Crippen LogP contribution in [0.5, 0.6) is 0 Å². The lowest BCUT2D eigenvalue weighted by molar-refractivity contribution is 0.0673. The number of rotatable bonds is 7. The van der Waals surface area contributed by atoms with Gasteiger partial charge in [0.1, 0.15) is 0 Å². The molecule has 1 aliphatic rings. The van der Waals surface area contributed by atoms with E-state index in [9.17, 15) is 0 Å². The second-order valence-corrected chi connectivity index (χ2v) is 4.27. The van der Waals surface area contributed by atoms with E-state index < -0.39 is 0 Å². The Hall–Kier alpha value is -0.540. The zero-order valence-electron chi connectivity index (χ0n) is 10.8. The van der Waals surface area contributed by atoms with E-state index in [1.165, 1.54) is 5.57 Å². The van der Waals surface area contributed by atoms with Gasteiger partial charge in [0.05, 0.1) is 25.0 Å². The van der Waals surface area contributed by atoms with Gasteiger partial charge in [0.15, 0.2) is 0 Å². The van der Waals surface area contributed by atoms with Crippen LogP contribution in [0.4, 0.5) is 0 Å². The summed E-state index contributed by atoms with van der Waals surface area (Å²) in [5.41, 5.74) is 1.36. The highest BCUT2D eigenvalue weighted by Crippen LogP contribution is 2.21. The van der Waals surface area contributed by atoms with E-state index in [0.29, 0.717) is 6.04 Å². The van der Waals surface area contributed by atoms with E-state index in [0.717, 1.165) is 38.8 Å². The molecule has 16 heavy (non-hydrogen) atoms. The molecule has 0 radical (unpaired) electrons. The molecule has 1 N–H and O–H groups in total. The van der Waals surface area contributed by atoms with Crippen molar-refractivity contribution in [3.63, 3.8) is 0 Å². The first-order valence-corrected chi connectivity index (χ1v) is 6.40. The number of ether oxygens (including phenoxy) is 2. The Balaban J connectivity index is 2.66. The van der Waals surface area contributed by atoms with Gasteiger partial charge < -0.3 is 14.8 Å². The van der Waals surface area contributed by atoms with Crippen molar-refractivity contribution in [1.29, 1.82) is 0 Å². The summed E-state index contributed by atoms with van der Waals surface area (Å²) in [6.07, 6.45) is 6.67. The maximum atomic E-state index is 5.60. The Morgan fingerprint density at radius 3 is 2.81 bits per heavy atom. The largest absolute Gasteiger partial charge is 0.501 e. The van der Waals surface area contributed by atoms with Gasteiger partial charge in [0.2, 0.25) is 0 Å². The number of likely N-dealkylation sites (N-methyl/N-ethyl adjacent to an activating group) is 1. The lowest BCUT2D eigenvalue weighted by Gasteiger charge is -2.30. The molecule has 0 amide bonds. The van der Waals surface area contributed by atoms with E-state index in [1.54, 1.807) is 7.11 Å². The summed E-state index contributed by atoms with van der Waals surface area (Å²) < 4.78 is 11.0. The fourth-order valence-electron chi connectivity index (χ4n) is 2.24. The molecule has 2 atom stereocenters. The standard InChI is InChI=1S/C13H25NO2/c1-4-7-12(15-3)13(14-5-2)11-8-6-9-16-10-11/h10,12-14H,4-9H2,1-3H3. The number of hydrogen-bond donors (Lipinski definition) is 1. The molecule has 0 saturated carbocycles. The molecule has 1 heterocycles. The summed E-state index contributed by atoms with van der Waals surface area (Å²) in [5, 5.41) is 3.51. The van der Waals surface area contributed by atoms with Crippen LogP contribution in [0.25, 0.3) is 0 Å². The third-order valence-corrected chi connectivity index (χ3v) is 3.03. The Morgan fingerprint density at radius 2 is 2.31 bits per heavy atom. The summed E-state index contributed by atoms with van der Waals surface area (Å²) >= 11 is 0. The van der Waals surface area contributed by atoms with Crippen molar-refractivity contribution in [2.45, 2.75) is 51.7 Å². The summed E-state index contributed by atoms with van der Waals surface area (Å²) in [6, 6.07) is 0.315. The average Bonchev–Trinajstić information content (AvgIpc) is 2.35. The summed E-state index contributed by atoms with van der Waals surface area (Å²) in [7, 11) is 1.80. The number of hydrogen-bond acceptors (Lipinski definition) is 3. The Labute approximate surface area is 99.2 Å². The van der Waals surface area contributed by atoms with E-state index in [-0.39, 0.29) is 6.10 Å². The first-order valence-electron chi connectivity index (χ1n) is 6.40. The topological polar surface area (TPSA) is 30.5 Å². The molecule has 94 valence electrons. The molecule has 0 aromatic rings. The normalized spacial score (nSPS) is 19.8. The maximum absolute atomic E-state index is 5.60. The molecule has 0 bridgehead atoms. The van der Waals surface area contributed by atoms with E-state index in [2.05, 4.69) is 19.2 Å². The lowest BCUT2D eigenvalue weighted by Crippen LogP contribution is -2.43. The van der Waals surface area contributed by atoms with Gasteiger partial charge >= 0.3 is 0 Å². The fraction of sp³-hybridized carbons (Fsp3) is 0.846. The molecule has 3 nitrogen and oxygen atoms in total. The van der Waals surface area contributed by atoms with Gasteiger partial charge in [-0.1, -0.05) is 20.3 Å². The van der Waals surface area contributed by atoms with Gasteiger partial charge in [0.25, 0.3) is 0 Å². The average molecular weight is 227 g/mol. The van der Waals surface area contributed by atoms with E-state index in [1.807, 2.05) is 6.26 Å². The first kappa shape index (κ1) is 13.5. The van der Waals surface area contributed by atoms with Crippen LogP contribution in [0.1, 0.15) is 39.5 Å². The molecule has 0 saturated heterocycles.